The average Bonchev–Trinajstić information content (AvgIpc) is 2.97. The number of carboxylic acid groups (broad SMARTS) is 1. The van der Waals surface area contributed by atoms with E-state index in [-0.39, 0.29) is 22.1 Å². The van der Waals surface area contributed by atoms with Gasteiger partial charge in [-0.3, -0.25) is 14.9 Å². The van der Waals surface area contributed by atoms with E-state index in [0.29, 0.717) is 0 Å². The SMILES string of the molecule is CC(C(=O)O)n1nccc1C(=O)Nc1cc([N+](=O)[O-])ccc1Cl. The quantitative estimate of drug-likeness (QED) is 0.636. The second kappa shape index (κ2) is 6.44. The van der Waals surface area contributed by atoms with Crippen LogP contribution in [-0.2, 0) is 4.79 Å². The molecule has 1 heterocycles. The van der Waals surface area contributed by atoms with Gasteiger partial charge >= 0.3 is 5.97 Å². The van der Waals surface area contributed by atoms with E-state index < -0.39 is 22.8 Å². The predicted molar refractivity (Wildman–Crippen MR) is 80.6 cm³/mol. The van der Waals surface area contributed by atoms with Crippen molar-refractivity contribution in [3.05, 3.63) is 51.3 Å². The van der Waals surface area contributed by atoms with Crippen LogP contribution in [-0.4, -0.2) is 31.7 Å². The second-order valence-corrected chi connectivity index (χ2v) is 4.96. The van der Waals surface area contributed by atoms with Crippen molar-refractivity contribution in [3.8, 4) is 0 Å². The molecule has 23 heavy (non-hydrogen) atoms. The van der Waals surface area contributed by atoms with Crippen LogP contribution in [0.4, 0.5) is 11.4 Å². The van der Waals surface area contributed by atoms with E-state index >= 15 is 0 Å². The Kier molecular flexibility index (Phi) is 4.60. The van der Waals surface area contributed by atoms with Gasteiger partial charge in [0.15, 0.2) is 0 Å². The number of halogens is 1. The lowest BCUT2D eigenvalue weighted by atomic mass is 10.2. The fraction of sp³-hybridized carbons (Fsp3) is 0.154. The number of carbonyl (C=O) groups excluding carboxylic acids is 1. The summed E-state index contributed by atoms with van der Waals surface area (Å²) in [4.78, 5) is 33.4. The number of benzene rings is 1. The van der Waals surface area contributed by atoms with Gasteiger partial charge < -0.3 is 10.4 Å². The van der Waals surface area contributed by atoms with Crippen LogP contribution in [0.5, 0.6) is 0 Å². The first-order valence-corrected chi connectivity index (χ1v) is 6.70. The first kappa shape index (κ1) is 16.4. The minimum atomic E-state index is -1.16. The van der Waals surface area contributed by atoms with Gasteiger partial charge in [0.25, 0.3) is 11.6 Å². The molecule has 0 bridgehead atoms. The number of hydrogen-bond acceptors (Lipinski definition) is 5. The third kappa shape index (κ3) is 3.46. The number of nitro benzene ring substituents is 1. The molecule has 2 N–H and O–H groups in total. The lowest BCUT2D eigenvalue weighted by Crippen LogP contribution is -2.24. The lowest BCUT2D eigenvalue weighted by molar-refractivity contribution is -0.384. The Morgan fingerprint density at radius 2 is 2.13 bits per heavy atom. The molecule has 10 heteroatoms. The number of aliphatic carboxylic acids is 1. The Hall–Kier alpha value is -2.94. The molecule has 1 atom stereocenters. The zero-order valence-corrected chi connectivity index (χ0v) is 12.5. The van der Waals surface area contributed by atoms with Crippen LogP contribution in [0.2, 0.25) is 5.02 Å². The van der Waals surface area contributed by atoms with Crippen molar-refractivity contribution in [2.45, 2.75) is 13.0 Å². The van der Waals surface area contributed by atoms with Gasteiger partial charge in [-0.1, -0.05) is 11.6 Å². The summed E-state index contributed by atoms with van der Waals surface area (Å²) in [6.45, 7) is 1.37. The summed E-state index contributed by atoms with van der Waals surface area (Å²) in [5, 5.41) is 26.1. The van der Waals surface area contributed by atoms with Crippen molar-refractivity contribution in [2.75, 3.05) is 5.32 Å². The number of rotatable bonds is 5. The Bertz CT molecular complexity index is 788. The van der Waals surface area contributed by atoms with E-state index in [1.54, 1.807) is 0 Å². The molecule has 0 saturated heterocycles. The predicted octanol–water partition coefficient (Wildman–Crippen LogP) is 2.34. The van der Waals surface area contributed by atoms with Crippen LogP contribution in [0.3, 0.4) is 0 Å². The molecule has 1 aromatic carbocycles. The number of nitrogens with one attached hydrogen (secondary N) is 1. The summed E-state index contributed by atoms with van der Waals surface area (Å²) in [5.41, 5.74) is -0.207. The molecule has 1 aromatic heterocycles. The summed E-state index contributed by atoms with van der Waals surface area (Å²) >= 11 is 5.91. The van der Waals surface area contributed by atoms with Gasteiger partial charge in [-0.2, -0.15) is 5.10 Å². The first-order chi connectivity index (χ1) is 10.8. The molecule has 0 aliphatic heterocycles. The van der Waals surface area contributed by atoms with E-state index in [1.807, 2.05) is 0 Å². The average molecular weight is 339 g/mol. The van der Waals surface area contributed by atoms with E-state index in [9.17, 15) is 19.7 Å². The number of non-ortho nitro benzene ring substituents is 1. The van der Waals surface area contributed by atoms with Crippen molar-refractivity contribution < 1.29 is 19.6 Å². The molecular formula is C13H11ClN4O5. The third-order valence-corrected chi connectivity index (χ3v) is 3.37. The molecular weight excluding hydrogens is 328 g/mol. The minimum absolute atomic E-state index is 0.0116. The van der Waals surface area contributed by atoms with Gasteiger partial charge in [0.05, 0.1) is 15.6 Å². The second-order valence-electron chi connectivity index (χ2n) is 4.55. The molecule has 0 aliphatic rings. The standard InChI is InChI=1S/C13H11ClN4O5/c1-7(13(20)21)17-11(4-5-15-17)12(19)16-10-6-8(18(22)23)2-3-9(10)14/h2-7H,1H3,(H,16,19)(H,20,21). The maximum absolute atomic E-state index is 12.3. The van der Waals surface area contributed by atoms with Crippen molar-refractivity contribution >= 4 is 34.9 Å². The zero-order chi connectivity index (χ0) is 17.1. The molecule has 120 valence electrons. The van der Waals surface area contributed by atoms with Crippen molar-refractivity contribution in [1.29, 1.82) is 0 Å². The maximum Gasteiger partial charge on any atom is 0.328 e. The van der Waals surface area contributed by atoms with E-state index in [0.717, 1.165) is 10.7 Å². The Balaban J connectivity index is 2.30. The molecule has 1 unspecified atom stereocenters. The highest BCUT2D eigenvalue weighted by Crippen LogP contribution is 2.27. The van der Waals surface area contributed by atoms with Gasteiger partial charge in [-0.25, -0.2) is 9.48 Å². The van der Waals surface area contributed by atoms with Crippen LogP contribution in [0, 0.1) is 10.1 Å². The molecule has 0 spiro atoms. The molecule has 0 fully saturated rings. The first-order valence-electron chi connectivity index (χ1n) is 6.33. The fourth-order valence-corrected chi connectivity index (χ4v) is 1.98. The topological polar surface area (TPSA) is 127 Å². The highest BCUT2D eigenvalue weighted by Gasteiger charge is 2.22. The molecule has 2 rings (SSSR count). The van der Waals surface area contributed by atoms with Crippen LogP contribution in [0.15, 0.2) is 30.5 Å². The molecule has 0 saturated carbocycles. The lowest BCUT2D eigenvalue weighted by Gasteiger charge is -2.12. The van der Waals surface area contributed by atoms with Crippen LogP contribution in [0.25, 0.3) is 0 Å². The fourth-order valence-electron chi connectivity index (χ4n) is 1.82. The number of carbonyl (C=O) groups is 2. The van der Waals surface area contributed by atoms with Crippen molar-refractivity contribution in [3.63, 3.8) is 0 Å². The summed E-state index contributed by atoms with van der Waals surface area (Å²) in [6.07, 6.45) is 1.28. The van der Waals surface area contributed by atoms with E-state index in [4.69, 9.17) is 16.7 Å². The van der Waals surface area contributed by atoms with Gasteiger partial charge in [0, 0.05) is 18.3 Å². The highest BCUT2D eigenvalue weighted by molar-refractivity contribution is 6.34. The maximum atomic E-state index is 12.3. The van der Waals surface area contributed by atoms with Crippen LogP contribution in [0.1, 0.15) is 23.5 Å². The Morgan fingerprint density at radius 1 is 1.43 bits per heavy atom. The zero-order valence-electron chi connectivity index (χ0n) is 11.8. The van der Waals surface area contributed by atoms with Crippen LogP contribution >= 0.6 is 11.6 Å². The molecule has 2 aromatic rings. The summed E-state index contributed by atoms with van der Waals surface area (Å²) in [7, 11) is 0. The van der Waals surface area contributed by atoms with Gasteiger partial charge in [-0.15, -0.1) is 0 Å². The minimum Gasteiger partial charge on any atom is -0.480 e. The summed E-state index contributed by atoms with van der Waals surface area (Å²) in [6, 6.07) is 3.88. The number of nitrogens with zero attached hydrogens (tertiary/aromatic N) is 3. The van der Waals surface area contributed by atoms with E-state index in [2.05, 4.69) is 10.4 Å². The largest absolute Gasteiger partial charge is 0.480 e. The number of anilines is 1. The van der Waals surface area contributed by atoms with Crippen molar-refractivity contribution in [1.82, 2.24) is 9.78 Å². The Morgan fingerprint density at radius 3 is 2.74 bits per heavy atom. The highest BCUT2D eigenvalue weighted by atomic mass is 35.5. The third-order valence-electron chi connectivity index (χ3n) is 3.04. The molecule has 9 nitrogen and oxygen atoms in total. The van der Waals surface area contributed by atoms with Gasteiger partial charge in [0.2, 0.25) is 0 Å². The monoisotopic (exact) mass is 338 g/mol. The number of hydrogen-bond donors (Lipinski definition) is 2. The summed E-state index contributed by atoms with van der Waals surface area (Å²) < 4.78 is 1.03. The van der Waals surface area contributed by atoms with Crippen molar-refractivity contribution in [2.24, 2.45) is 0 Å². The molecule has 0 aliphatic carbocycles. The normalized spacial score (nSPS) is 11.7. The number of amides is 1. The summed E-state index contributed by atoms with van der Waals surface area (Å²) in [5.74, 6) is -1.84. The van der Waals surface area contributed by atoms with Gasteiger partial charge in [-0.05, 0) is 19.1 Å². The van der Waals surface area contributed by atoms with E-state index in [1.165, 1.54) is 31.3 Å². The van der Waals surface area contributed by atoms with Crippen LogP contribution < -0.4 is 5.32 Å². The number of carboxylic acids is 1. The van der Waals surface area contributed by atoms with Gasteiger partial charge in [0.1, 0.15) is 11.7 Å². The Labute approximate surface area is 134 Å². The number of aromatic nitrogens is 2. The smallest absolute Gasteiger partial charge is 0.328 e. The number of nitro groups is 1. The molecule has 0 radical (unpaired) electrons. The molecule has 1 amide bonds.